The summed E-state index contributed by atoms with van der Waals surface area (Å²) in [5, 5.41) is 0.731. The lowest BCUT2D eigenvalue weighted by atomic mass is 10.1. The van der Waals surface area contributed by atoms with Crippen molar-refractivity contribution in [3.63, 3.8) is 0 Å². The van der Waals surface area contributed by atoms with E-state index < -0.39 is 0 Å². The molecule has 2 aromatic carbocycles. The largest absolute Gasteiger partial charge is 0.309 e. The molecule has 0 aliphatic rings. The number of thiazole rings is 1. The van der Waals surface area contributed by atoms with Gasteiger partial charge in [-0.05, 0) is 75.8 Å². The average molecular weight is 400 g/mol. The van der Waals surface area contributed by atoms with Gasteiger partial charge in [-0.25, -0.2) is 9.37 Å². The number of nitrogens with zero attached hydrogens (tertiary/aromatic N) is 3. The van der Waals surface area contributed by atoms with Gasteiger partial charge in [0, 0.05) is 6.54 Å². The van der Waals surface area contributed by atoms with Crippen LogP contribution in [0.3, 0.4) is 0 Å². The number of benzene rings is 2. The molecule has 0 aliphatic carbocycles. The summed E-state index contributed by atoms with van der Waals surface area (Å²) >= 11 is 1.56. The molecule has 0 aliphatic heterocycles. The fourth-order valence-corrected chi connectivity index (χ4v) is 4.28. The van der Waals surface area contributed by atoms with Crippen molar-refractivity contribution in [2.45, 2.75) is 26.7 Å². The van der Waals surface area contributed by atoms with E-state index in [9.17, 15) is 9.18 Å². The van der Waals surface area contributed by atoms with Crippen molar-refractivity contribution in [2.75, 3.05) is 32.1 Å². The van der Waals surface area contributed by atoms with Crippen molar-refractivity contribution in [2.24, 2.45) is 0 Å². The molecule has 0 saturated heterocycles. The van der Waals surface area contributed by atoms with Crippen LogP contribution in [0.5, 0.6) is 0 Å². The molecule has 3 aromatic rings. The zero-order valence-corrected chi connectivity index (χ0v) is 17.6. The number of amides is 1. The summed E-state index contributed by atoms with van der Waals surface area (Å²) in [5.74, 6) is -0.310. The maximum absolute atomic E-state index is 13.2. The molecule has 0 N–H and O–H groups in total. The molecule has 1 heterocycles. The minimum Gasteiger partial charge on any atom is -0.309 e. The van der Waals surface area contributed by atoms with Crippen LogP contribution in [-0.2, 0) is 11.2 Å². The number of aromatic nitrogens is 1. The molecular formula is C22H26FN3OS. The lowest BCUT2D eigenvalue weighted by molar-refractivity contribution is -0.118. The molecule has 6 heteroatoms. The SMILES string of the molecule is Cc1cc(C)c2sc(N(CCCN(C)C)C(=O)Cc3ccc(F)cc3)nc2c1. The number of anilines is 1. The van der Waals surface area contributed by atoms with E-state index in [2.05, 4.69) is 30.9 Å². The molecule has 0 unspecified atom stereocenters. The van der Waals surface area contributed by atoms with Crippen molar-refractivity contribution < 1.29 is 9.18 Å². The van der Waals surface area contributed by atoms with Crippen LogP contribution in [0.25, 0.3) is 10.2 Å². The van der Waals surface area contributed by atoms with E-state index in [-0.39, 0.29) is 18.1 Å². The van der Waals surface area contributed by atoms with Crippen molar-refractivity contribution in [3.05, 3.63) is 58.9 Å². The summed E-state index contributed by atoms with van der Waals surface area (Å²) in [6.07, 6.45) is 1.09. The second-order valence-corrected chi connectivity index (χ2v) is 8.41. The molecule has 0 radical (unpaired) electrons. The molecule has 1 amide bonds. The maximum Gasteiger partial charge on any atom is 0.233 e. The summed E-state index contributed by atoms with van der Waals surface area (Å²) in [5.41, 5.74) is 4.08. The van der Waals surface area contributed by atoms with E-state index in [4.69, 9.17) is 4.98 Å². The predicted octanol–water partition coefficient (Wildman–Crippen LogP) is 4.58. The standard InChI is InChI=1S/C22H26FN3OS/c1-15-12-16(2)21-19(13-15)24-22(28-21)26(11-5-10-25(3)4)20(27)14-17-6-8-18(23)9-7-17/h6-9,12-13H,5,10-11,14H2,1-4H3. The van der Waals surface area contributed by atoms with E-state index in [1.165, 1.54) is 23.3 Å². The number of hydrogen-bond donors (Lipinski definition) is 0. The quantitative estimate of drug-likeness (QED) is 0.583. The first-order chi connectivity index (χ1) is 13.3. The molecule has 0 saturated carbocycles. The van der Waals surface area contributed by atoms with Gasteiger partial charge in [0.2, 0.25) is 5.91 Å². The van der Waals surface area contributed by atoms with Gasteiger partial charge in [0.05, 0.1) is 16.6 Å². The number of rotatable bonds is 7. The van der Waals surface area contributed by atoms with Gasteiger partial charge in [0.25, 0.3) is 0 Å². The Morgan fingerprint density at radius 2 is 1.82 bits per heavy atom. The zero-order chi connectivity index (χ0) is 20.3. The number of halogens is 1. The van der Waals surface area contributed by atoms with Gasteiger partial charge in [-0.1, -0.05) is 29.5 Å². The topological polar surface area (TPSA) is 36.4 Å². The second-order valence-electron chi connectivity index (χ2n) is 7.43. The molecule has 3 rings (SSSR count). The van der Waals surface area contributed by atoms with E-state index in [1.54, 1.807) is 28.4 Å². The molecule has 28 heavy (non-hydrogen) atoms. The highest BCUT2D eigenvalue weighted by Gasteiger charge is 2.20. The van der Waals surface area contributed by atoms with Crippen LogP contribution < -0.4 is 4.90 Å². The van der Waals surface area contributed by atoms with Gasteiger partial charge in [0.15, 0.2) is 5.13 Å². The third kappa shape index (κ3) is 4.94. The van der Waals surface area contributed by atoms with Crippen LogP contribution in [0.4, 0.5) is 9.52 Å². The van der Waals surface area contributed by atoms with Crippen LogP contribution in [0.15, 0.2) is 36.4 Å². The minimum absolute atomic E-state index is 0.0150. The number of carbonyl (C=O) groups excluding carboxylic acids is 1. The van der Waals surface area contributed by atoms with Crippen molar-refractivity contribution in [1.82, 2.24) is 9.88 Å². The van der Waals surface area contributed by atoms with Crippen LogP contribution in [0.1, 0.15) is 23.1 Å². The summed E-state index contributed by atoms with van der Waals surface area (Å²) in [7, 11) is 4.04. The molecule has 4 nitrogen and oxygen atoms in total. The lowest BCUT2D eigenvalue weighted by Crippen LogP contribution is -2.34. The first-order valence-corrected chi connectivity index (χ1v) is 10.2. The Labute approximate surface area is 169 Å². The van der Waals surface area contributed by atoms with E-state index in [1.807, 2.05) is 14.1 Å². The summed E-state index contributed by atoms with van der Waals surface area (Å²) < 4.78 is 14.3. The Morgan fingerprint density at radius 1 is 1.11 bits per heavy atom. The Bertz CT molecular complexity index is 966. The van der Waals surface area contributed by atoms with Crippen molar-refractivity contribution in [3.8, 4) is 0 Å². The highest BCUT2D eigenvalue weighted by molar-refractivity contribution is 7.22. The van der Waals surface area contributed by atoms with Gasteiger partial charge in [-0.15, -0.1) is 0 Å². The van der Waals surface area contributed by atoms with Crippen LogP contribution in [-0.4, -0.2) is 43.0 Å². The molecule has 0 bridgehead atoms. The average Bonchev–Trinajstić information content (AvgIpc) is 3.04. The molecule has 0 fully saturated rings. The smallest absolute Gasteiger partial charge is 0.233 e. The van der Waals surface area contributed by atoms with Crippen LogP contribution in [0, 0.1) is 19.7 Å². The Kier molecular flexibility index (Phi) is 6.42. The first-order valence-electron chi connectivity index (χ1n) is 9.41. The van der Waals surface area contributed by atoms with Crippen LogP contribution >= 0.6 is 11.3 Å². The van der Waals surface area contributed by atoms with Gasteiger partial charge >= 0.3 is 0 Å². The van der Waals surface area contributed by atoms with Crippen molar-refractivity contribution in [1.29, 1.82) is 0 Å². The summed E-state index contributed by atoms with van der Waals surface area (Å²) in [4.78, 5) is 21.7. The summed E-state index contributed by atoms with van der Waals surface area (Å²) in [6, 6.07) is 10.3. The van der Waals surface area contributed by atoms with Crippen molar-refractivity contribution >= 4 is 32.6 Å². The fraction of sp³-hybridized carbons (Fsp3) is 0.364. The maximum atomic E-state index is 13.2. The lowest BCUT2D eigenvalue weighted by Gasteiger charge is -2.21. The second kappa shape index (κ2) is 8.80. The molecule has 0 atom stereocenters. The number of hydrogen-bond acceptors (Lipinski definition) is 4. The van der Waals surface area contributed by atoms with Crippen LogP contribution in [0.2, 0.25) is 0 Å². The Balaban J connectivity index is 1.88. The normalized spacial score (nSPS) is 11.4. The summed E-state index contributed by atoms with van der Waals surface area (Å²) in [6.45, 7) is 5.63. The zero-order valence-electron chi connectivity index (χ0n) is 16.8. The van der Waals surface area contributed by atoms with Gasteiger partial charge in [-0.3, -0.25) is 9.69 Å². The molecule has 1 aromatic heterocycles. The first kappa shape index (κ1) is 20.4. The van der Waals surface area contributed by atoms with E-state index >= 15 is 0 Å². The fourth-order valence-electron chi connectivity index (χ4n) is 3.22. The third-order valence-corrected chi connectivity index (χ3v) is 5.83. The monoisotopic (exact) mass is 399 g/mol. The van der Waals surface area contributed by atoms with E-state index in [0.717, 1.165) is 33.9 Å². The highest BCUT2D eigenvalue weighted by Crippen LogP contribution is 2.32. The number of aryl methyl sites for hydroxylation is 2. The minimum atomic E-state index is -0.295. The highest BCUT2D eigenvalue weighted by atomic mass is 32.1. The Morgan fingerprint density at radius 3 is 2.50 bits per heavy atom. The molecule has 148 valence electrons. The van der Waals surface area contributed by atoms with Gasteiger partial charge in [-0.2, -0.15) is 0 Å². The number of carbonyl (C=O) groups is 1. The molecular weight excluding hydrogens is 373 g/mol. The predicted molar refractivity (Wildman–Crippen MR) is 115 cm³/mol. The molecule has 0 spiro atoms. The Hall–Kier alpha value is -2.31. The van der Waals surface area contributed by atoms with Gasteiger partial charge in [0.1, 0.15) is 5.82 Å². The van der Waals surface area contributed by atoms with Gasteiger partial charge < -0.3 is 4.90 Å². The number of fused-ring (bicyclic) bond motifs is 1. The third-order valence-electron chi connectivity index (χ3n) is 4.60. The van der Waals surface area contributed by atoms with E-state index in [0.29, 0.717) is 6.54 Å².